The van der Waals surface area contributed by atoms with Crippen LogP contribution in [0.25, 0.3) is 0 Å². The minimum atomic E-state index is 0.319. The molecule has 2 nitrogen and oxygen atoms in total. The van der Waals surface area contributed by atoms with Crippen molar-refractivity contribution in [3.8, 4) is 0 Å². The first-order valence-electron chi connectivity index (χ1n) is 6.10. The minimum Gasteiger partial charge on any atom is -0.396 e. The highest BCUT2D eigenvalue weighted by Gasteiger charge is 2.19. The molecule has 0 spiro atoms. The average molecular weight is 201 g/mol. The Morgan fingerprint density at radius 3 is 2.21 bits per heavy atom. The van der Waals surface area contributed by atoms with Gasteiger partial charge in [0.05, 0.1) is 0 Å². The molecule has 0 aromatic heterocycles. The van der Waals surface area contributed by atoms with Crippen LogP contribution in [-0.2, 0) is 0 Å². The van der Waals surface area contributed by atoms with E-state index in [1.807, 2.05) is 6.92 Å². The van der Waals surface area contributed by atoms with Gasteiger partial charge in [-0.2, -0.15) is 0 Å². The van der Waals surface area contributed by atoms with E-state index in [1.54, 1.807) is 0 Å². The van der Waals surface area contributed by atoms with Gasteiger partial charge in [-0.25, -0.2) is 0 Å². The molecule has 0 saturated heterocycles. The van der Waals surface area contributed by atoms with Gasteiger partial charge in [0.25, 0.3) is 0 Å². The summed E-state index contributed by atoms with van der Waals surface area (Å²) < 4.78 is 0. The van der Waals surface area contributed by atoms with Gasteiger partial charge in [-0.05, 0) is 31.7 Å². The standard InChI is InChI=1S/C9H19N.C3H8O/c1-3-10-9-7-5-4-6-8(9)2;1-2-3-4/h8-10H,3-7H2,1-2H3;4H,2-3H2,1H3. The monoisotopic (exact) mass is 201 g/mol. The van der Waals surface area contributed by atoms with E-state index in [4.69, 9.17) is 5.11 Å². The van der Waals surface area contributed by atoms with E-state index in [9.17, 15) is 0 Å². The van der Waals surface area contributed by atoms with Crippen molar-refractivity contribution in [2.75, 3.05) is 13.2 Å². The van der Waals surface area contributed by atoms with Crippen LogP contribution in [0.15, 0.2) is 0 Å². The van der Waals surface area contributed by atoms with E-state index in [2.05, 4.69) is 19.2 Å². The smallest absolute Gasteiger partial charge is 0.0428 e. The second kappa shape index (κ2) is 9.47. The number of nitrogens with one attached hydrogen (secondary N) is 1. The summed E-state index contributed by atoms with van der Waals surface area (Å²) in [5, 5.41) is 11.4. The minimum absolute atomic E-state index is 0.319. The Bertz CT molecular complexity index is 113. The zero-order valence-corrected chi connectivity index (χ0v) is 10.1. The first-order valence-corrected chi connectivity index (χ1v) is 6.10. The van der Waals surface area contributed by atoms with Gasteiger partial charge in [0, 0.05) is 12.6 Å². The number of aliphatic hydroxyl groups excluding tert-OH is 1. The first-order chi connectivity index (χ1) is 6.76. The Balaban J connectivity index is 0.000000364. The highest BCUT2D eigenvalue weighted by molar-refractivity contribution is 4.77. The second-order valence-corrected chi connectivity index (χ2v) is 4.15. The van der Waals surface area contributed by atoms with E-state index in [1.165, 1.54) is 25.7 Å². The number of hydrogen-bond donors (Lipinski definition) is 2. The van der Waals surface area contributed by atoms with Gasteiger partial charge in [0.1, 0.15) is 0 Å². The van der Waals surface area contributed by atoms with Crippen LogP contribution in [0.4, 0.5) is 0 Å². The van der Waals surface area contributed by atoms with Crippen molar-refractivity contribution in [1.29, 1.82) is 0 Å². The third kappa shape index (κ3) is 6.39. The van der Waals surface area contributed by atoms with Crippen LogP contribution in [0, 0.1) is 5.92 Å². The maximum absolute atomic E-state index is 7.88. The molecule has 86 valence electrons. The molecule has 1 aliphatic rings. The first kappa shape index (κ1) is 13.9. The van der Waals surface area contributed by atoms with Crippen molar-refractivity contribution >= 4 is 0 Å². The summed E-state index contributed by atoms with van der Waals surface area (Å²) in [6, 6.07) is 0.818. The zero-order valence-electron chi connectivity index (χ0n) is 10.1. The molecule has 0 bridgehead atoms. The third-order valence-electron chi connectivity index (χ3n) is 2.80. The predicted octanol–water partition coefficient (Wildman–Crippen LogP) is 2.56. The maximum Gasteiger partial charge on any atom is 0.0428 e. The molecule has 0 aromatic carbocycles. The molecule has 2 atom stereocenters. The fourth-order valence-electron chi connectivity index (χ4n) is 1.88. The molecule has 1 rings (SSSR count). The van der Waals surface area contributed by atoms with Gasteiger partial charge in [-0.15, -0.1) is 0 Å². The number of hydrogen-bond acceptors (Lipinski definition) is 2. The summed E-state index contributed by atoms with van der Waals surface area (Å²) in [6.07, 6.45) is 6.58. The van der Waals surface area contributed by atoms with Crippen LogP contribution >= 0.6 is 0 Å². The number of aliphatic hydroxyl groups is 1. The lowest BCUT2D eigenvalue weighted by molar-refractivity contribution is 0.285. The maximum atomic E-state index is 7.88. The van der Waals surface area contributed by atoms with Crippen molar-refractivity contribution in [2.45, 2.75) is 58.9 Å². The van der Waals surface area contributed by atoms with Gasteiger partial charge in [-0.3, -0.25) is 0 Å². The Hall–Kier alpha value is -0.0800. The Morgan fingerprint density at radius 2 is 1.79 bits per heavy atom. The van der Waals surface area contributed by atoms with Gasteiger partial charge in [0.2, 0.25) is 0 Å². The van der Waals surface area contributed by atoms with E-state index in [0.717, 1.165) is 24.9 Å². The Labute approximate surface area is 89.1 Å². The van der Waals surface area contributed by atoms with E-state index < -0.39 is 0 Å². The zero-order chi connectivity index (χ0) is 10.8. The molecule has 14 heavy (non-hydrogen) atoms. The highest BCUT2D eigenvalue weighted by Crippen LogP contribution is 2.23. The summed E-state index contributed by atoms with van der Waals surface area (Å²) in [5.74, 6) is 0.911. The van der Waals surface area contributed by atoms with Gasteiger partial charge >= 0.3 is 0 Å². The highest BCUT2D eigenvalue weighted by atomic mass is 16.2. The molecule has 1 saturated carbocycles. The predicted molar refractivity (Wildman–Crippen MR) is 62.5 cm³/mol. The Kier molecular flexibility index (Phi) is 9.42. The van der Waals surface area contributed by atoms with Crippen LogP contribution in [0.3, 0.4) is 0 Å². The van der Waals surface area contributed by atoms with Crippen LogP contribution in [0.5, 0.6) is 0 Å². The van der Waals surface area contributed by atoms with Crippen molar-refractivity contribution in [3.63, 3.8) is 0 Å². The number of rotatable bonds is 3. The van der Waals surface area contributed by atoms with E-state index in [0.29, 0.717) is 6.61 Å². The van der Waals surface area contributed by atoms with Crippen LogP contribution in [0.1, 0.15) is 52.9 Å². The quantitative estimate of drug-likeness (QED) is 0.735. The largest absolute Gasteiger partial charge is 0.396 e. The molecule has 0 radical (unpaired) electrons. The summed E-state index contributed by atoms with van der Waals surface area (Å²) in [6.45, 7) is 7.95. The SMILES string of the molecule is CCCO.CCNC1CCCCC1C. The molecule has 0 heterocycles. The lowest BCUT2D eigenvalue weighted by atomic mass is 9.86. The lowest BCUT2D eigenvalue weighted by Gasteiger charge is -2.29. The fraction of sp³-hybridized carbons (Fsp3) is 1.00. The van der Waals surface area contributed by atoms with Crippen LogP contribution in [0.2, 0.25) is 0 Å². The fourth-order valence-corrected chi connectivity index (χ4v) is 1.88. The van der Waals surface area contributed by atoms with Crippen molar-refractivity contribution in [1.82, 2.24) is 5.32 Å². The summed E-state index contributed by atoms with van der Waals surface area (Å²) in [7, 11) is 0. The molecule has 1 aliphatic carbocycles. The normalized spacial score (nSPS) is 26.6. The molecule has 2 N–H and O–H groups in total. The average Bonchev–Trinajstić information content (AvgIpc) is 2.22. The molecule has 2 heteroatoms. The van der Waals surface area contributed by atoms with Gasteiger partial charge in [-0.1, -0.05) is 33.6 Å². The summed E-state index contributed by atoms with van der Waals surface area (Å²) >= 11 is 0. The van der Waals surface area contributed by atoms with Gasteiger partial charge < -0.3 is 10.4 Å². The molecule has 1 fully saturated rings. The summed E-state index contributed by atoms with van der Waals surface area (Å²) in [5.41, 5.74) is 0. The van der Waals surface area contributed by atoms with Crippen molar-refractivity contribution in [3.05, 3.63) is 0 Å². The lowest BCUT2D eigenvalue weighted by Crippen LogP contribution is -2.36. The Morgan fingerprint density at radius 1 is 1.21 bits per heavy atom. The van der Waals surface area contributed by atoms with E-state index >= 15 is 0 Å². The van der Waals surface area contributed by atoms with Crippen LogP contribution < -0.4 is 5.32 Å². The molecular formula is C12H27NO. The van der Waals surface area contributed by atoms with Crippen molar-refractivity contribution < 1.29 is 5.11 Å². The van der Waals surface area contributed by atoms with Crippen molar-refractivity contribution in [2.24, 2.45) is 5.92 Å². The van der Waals surface area contributed by atoms with Gasteiger partial charge in [0.15, 0.2) is 0 Å². The molecular weight excluding hydrogens is 174 g/mol. The third-order valence-corrected chi connectivity index (χ3v) is 2.80. The molecule has 0 aliphatic heterocycles. The summed E-state index contributed by atoms with van der Waals surface area (Å²) in [4.78, 5) is 0. The molecule has 0 amide bonds. The molecule has 2 unspecified atom stereocenters. The van der Waals surface area contributed by atoms with E-state index in [-0.39, 0.29) is 0 Å². The molecule has 0 aromatic rings. The topological polar surface area (TPSA) is 32.3 Å². The second-order valence-electron chi connectivity index (χ2n) is 4.15. The van der Waals surface area contributed by atoms with Crippen LogP contribution in [-0.4, -0.2) is 24.3 Å².